The Kier molecular flexibility index (Phi) is 8.06. The van der Waals surface area contributed by atoms with E-state index in [4.69, 9.17) is 4.98 Å². The molecular weight excluding hydrogens is 672 g/mol. The number of alkyl halides is 6. The molecule has 0 unspecified atom stereocenters. The highest BCUT2D eigenvalue weighted by molar-refractivity contribution is 6.10. The summed E-state index contributed by atoms with van der Waals surface area (Å²) >= 11 is 0. The first kappa shape index (κ1) is 32.8. The number of pyridine rings is 1. The van der Waals surface area contributed by atoms with Crippen LogP contribution in [0.3, 0.4) is 0 Å². The van der Waals surface area contributed by atoms with E-state index < -0.39 is 23.5 Å². The molecule has 0 atom stereocenters. The van der Waals surface area contributed by atoms with Gasteiger partial charge in [-0.25, -0.2) is 0 Å². The molecule has 256 valence electrons. The van der Waals surface area contributed by atoms with Crippen molar-refractivity contribution in [1.29, 1.82) is 0 Å². The van der Waals surface area contributed by atoms with Crippen molar-refractivity contribution in [3.8, 4) is 28.1 Å². The van der Waals surface area contributed by atoms with Crippen molar-refractivity contribution in [3.63, 3.8) is 0 Å². The molecule has 6 aromatic carbocycles. The lowest BCUT2D eigenvalue weighted by molar-refractivity contribution is -0.162. The van der Waals surface area contributed by atoms with Gasteiger partial charge < -0.3 is 9.47 Å². The summed E-state index contributed by atoms with van der Waals surface area (Å²) in [5.41, 5.74) is 4.17. The third kappa shape index (κ3) is 6.04. The summed E-state index contributed by atoms with van der Waals surface area (Å²) in [5.74, 6) is 0. The Morgan fingerprint density at radius 2 is 0.981 bits per heavy atom. The van der Waals surface area contributed by atoms with Crippen LogP contribution in [0.1, 0.15) is 11.1 Å². The number of para-hydroxylation sites is 3. The predicted octanol–water partition coefficient (Wildman–Crippen LogP) is 13.0. The van der Waals surface area contributed by atoms with Gasteiger partial charge in [-0.1, -0.05) is 84.9 Å². The Labute approximate surface area is 294 Å². The van der Waals surface area contributed by atoms with Crippen LogP contribution in [0, 0.1) is 0 Å². The number of hydrogen-bond acceptors (Lipinski definition) is 2. The second-order valence-corrected chi connectivity index (χ2v) is 12.3. The third-order valence-corrected chi connectivity index (χ3v) is 9.10. The Morgan fingerprint density at radius 1 is 0.442 bits per heavy atom. The van der Waals surface area contributed by atoms with Gasteiger partial charge in [-0.15, -0.1) is 0 Å². The van der Waals surface area contributed by atoms with E-state index in [9.17, 15) is 26.3 Å². The summed E-state index contributed by atoms with van der Waals surface area (Å²) in [7, 11) is 0. The molecule has 0 fully saturated rings. The molecule has 0 aliphatic heterocycles. The third-order valence-electron chi connectivity index (χ3n) is 9.10. The van der Waals surface area contributed by atoms with E-state index in [0.717, 1.165) is 61.9 Å². The van der Waals surface area contributed by atoms with Crippen LogP contribution in [0.15, 0.2) is 164 Å². The molecule has 0 aliphatic rings. The first-order chi connectivity index (χ1) is 25.1. The SMILES string of the molecule is FC(F)(F)c1ccc(-c2ccc(-n3c4ccccc4c4cc(-c5ccc(N(c6ccccc6)c6ccccc6)cc5)ncc43)cc2)cc1C(F)(F)F. The van der Waals surface area contributed by atoms with Gasteiger partial charge in [0, 0.05) is 39.1 Å². The Balaban J connectivity index is 1.15. The Morgan fingerprint density at radius 3 is 1.60 bits per heavy atom. The highest BCUT2D eigenvalue weighted by Gasteiger charge is 2.43. The second kappa shape index (κ2) is 12.8. The molecule has 0 amide bonds. The normalized spacial score (nSPS) is 12.0. The van der Waals surface area contributed by atoms with E-state index >= 15 is 0 Å². The average molecular weight is 700 g/mol. The van der Waals surface area contributed by atoms with Crippen LogP contribution in [0.5, 0.6) is 0 Å². The predicted molar refractivity (Wildman–Crippen MR) is 194 cm³/mol. The summed E-state index contributed by atoms with van der Waals surface area (Å²) < 4.78 is 82.9. The first-order valence-corrected chi connectivity index (χ1v) is 16.4. The molecule has 2 heterocycles. The van der Waals surface area contributed by atoms with Gasteiger partial charge in [-0.3, -0.25) is 4.98 Å². The second-order valence-electron chi connectivity index (χ2n) is 12.3. The monoisotopic (exact) mass is 699 g/mol. The van der Waals surface area contributed by atoms with E-state index in [1.807, 2.05) is 83.4 Å². The molecule has 0 saturated carbocycles. The summed E-state index contributed by atoms with van der Waals surface area (Å²) in [6, 6.07) is 47.2. The molecule has 0 N–H and O–H groups in total. The minimum atomic E-state index is -5.16. The lowest BCUT2D eigenvalue weighted by atomic mass is 9.98. The minimum Gasteiger partial charge on any atom is -0.311 e. The van der Waals surface area contributed by atoms with Crippen LogP contribution in [0.2, 0.25) is 0 Å². The topological polar surface area (TPSA) is 21.1 Å². The van der Waals surface area contributed by atoms with Crippen molar-refractivity contribution < 1.29 is 26.3 Å². The number of halogens is 6. The molecule has 3 nitrogen and oxygen atoms in total. The Bertz CT molecular complexity index is 2480. The minimum absolute atomic E-state index is 0.0297. The van der Waals surface area contributed by atoms with Gasteiger partial charge in [0.15, 0.2) is 0 Å². The first-order valence-electron chi connectivity index (χ1n) is 16.4. The summed E-state index contributed by atoms with van der Waals surface area (Å²) in [4.78, 5) is 7.03. The van der Waals surface area contributed by atoms with Gasteiger partial charge in [0.1, 0.15) is 0 Å². The van der Waals surface area contributed by atoms with Crippen LogP contribution in [-0.4, -0.2) is 9.55 Å². The standard InChI is InChI=1S/C43H27F6N3/c44-42(45,46)37-24-19-30(25-38(37)43(47,48)49)28-15-20-34(21-16-28)52-40-14-8-7-13-35(40)36-26-39(50-27-41(36)52)29-17-22-33(23-18-29)51(31-9-3-1-4-10-31)32-11-5-2-6-12-32/h1-27H. The van der Waals surface area contributed by atoms with Gasteiger partial charge in [0.05, 0.1) is 34.1 Å². The van der Waals surface area contributed by atoms with Gasteiger partial charge in [-0.05, 0) is 83.9 Å². The number of anilines is 3. The highest BCUT2D eigenvalue weighted by atomic mass is 19.4. The number of hydrogen-bond donors (Lipinski definition) is 0. The van der Waals surface area contributed by atoms with E-state index in [1.165, 1.54) is 0 Å². The lowest BCUT2D eigenvalue weighted by Crippen LogP contribution is -2.16. The van der Waals surface area contributed by atoms with Gasteiger partial charge in [-0.2, -0.15) is 26.3 Å². The van der Waals surface area contributed by atoms with Crippen LogP contribution >= 0.6 is 0 Å². The lowest BCUT2D eigenvalue weighted by Gasteiger charge is -2.25. The molecule has 0 radical (unpaired) electrons. The fourth-order valence-electron chi connectivity index (χ4n) is 6.70. The molecule has 8 rings (SSSR count). The molecule has 0 aliphatic carbocycles. The van der Waals surface area contributed by atoms with Crippen molar-refractivity contribution >= 4 is 38.9 Å². The summed E-state index contributed by atoms with van der Waals surface area (Å²) in [6.45, 7) is 0. The smallest absolute Gasteiger partial charge is 0.311 e. The number of rotatable bonds is 6. The molecule has 8 aromatic rings. The fourth-order valence-corrected chi connectivity index (χ4v) is 6.70. The van der Waals surface area contributed by atoms with Gasteiger partial charge >= 0.3 is 12.4 Å². The molecule has 52 heavy (non-hydrogen) atoms. The van der Waals surface area contributed by atoms with Gasteiger partial charge in [0.25, 0.3) is 0 Å². The van der Waals surface area contributed by atoms with Crippen LogP contribution in [-0.2, 0) is 12.4 Å². The van der Waals surface area contributed by atoms with Crippen molar-refractivity contribution in [1.82, 2.24) is 9.55 Å². The largest absolute Gasteiger partial charge is 0.417 e. The maximum Gasteiger partial charge on any atom is 0.417 e. The summed E-state index contributed by atoms with van der Waals surface area (Å²) in [5, 5.41) is 1.94. The van der Waals surface area contributed by atoms with Crippen molar-refractivity contribution in [3.05, 3.63) is 175 Å². The van der Waals surface area contributed by atoms with E-state index in [1.54, 1.807) is 30.5 Å². The van der Waals surface area contributed by atoms with Gasteiger partial charge in [0.2, 0.25) is 0 Å². The van der Waals surface area contributed by atoms with E-state index in [-0.39, 0.29) is 5.56 Å². The maximum absolute atomic E-state index is 13.6. The molecule has 9 heteroatoms. The number of benzene rings is 6. The zero-order chi connectivity index (χ0) is 36.0. The van der Waals surface area contributed by atoms with Crippen LogP contribution < -0.4 is 4.90 Å². The zero-order valence-corrected chi connectivity index (χ0v) is 27.2. The zero-order valence-electron chi connectivity index (χ0n) is 27.2. The maximum atomic E-state index is 13.6. The number of fused-ring (bicyclic) bond motifs is 3. The van der Waals surface area contributed by atoms with Crippen LogP contribution in [0.25, 0.3) is 49.9 Å². The molecule has 0 saturated heterocycles. The van der Waals surface area contributed by atoms with Crippen molar-refractivity contribution in [2.24, 2.45) is 0 Å². The van der Waals surface area contributed by atoms with Crippen molar-refractivity contribution in [2.75, 3.05) is 4.90 Å². The molecular formula is C43H27F6N3. The van der Waals surface area contributed by atoms with Crippen molar-refractivity contribution in [2.45, 2.75) is 12.4 Å². The average Bonchev–Trinajstić information content (AvgIpc) is 3.49. The Hall–Kier alpha value is -6.35. The highest BCUT2D eigenvalue weighted by Crippen LogP contribution is 2.43. The van der Waals surface area contributed by atoms with E-state index in [0.29, 0.717) is 17.7 Å². The fraction of sp³-hybridized carbons (Fsp3) is 0.0465. The molecule has 0 bridgehead atoms. The summed E-state index contributed by atoms with van der Waals surface area (Å²) in [6.07, 6.45) is -8.49. The number of aromatic nitrogens is 2. The van der Waals surface area contributed by atoms with Crippen LogP contribution in [0.4, 0.5) is 43.4 Å². The van der Waals surface area contributed by atoms with E-state index in [2.05, 4.69) is 41.3 Å². The molecule has 2 aromatic heterocycles. The molecule has 0 spiro atoms. The quantitative estimate of drug-likeness (QED) is 0.161. The number of nitrogens with zero attached hydrogens (tertiary/aromatic N) is 3.